The van der Waals surface area contributed by atoms with E-state index in [1.165, 1.54) is 17.7 Å². The van der Waals surface area contributed by atoms with Gasteiger partial charge in [-0.2, -0.15) is 5.10 Å². The fourth-order valence-electron chi connectivity index (χ4n) is 2.53. The van der Waals surface area contributed by atoms with Crippen molar-refractivity contribution in [2.75, 3.05) is 6.54 Å². The summed E-state index contributed by atoms with van der Waals surface area (Å²) in [4.78, 5) is 12.1. The highest BCUT2D eigenvalue weighted by atomic mass is 32.2. The molecule has 1 aliphatic heterocycles. The number of nitrogens with zero attached hydrogens (tertiary/aromatic N) is 2. The minimum absolute atomic E-state index is 0.0309. The van der Waals surface area contributed by atoms with Gasteiger partial charge in [-0.1, -0.05) is 54.2 Å². The Kier molecular flexibility index (Phi) is 5.08. The van der Waals surface area contributed by atoms with Crippen molar-refractivity contribution in [1.82, 2.24) is 5.01 Å². The van der Waals surface area contributed by atoms with Crippen LogP contribution in [0.2, 0.25) is 0 Å². The number of hydrogen-bond acceptors (Lipinski definition) is 4. The lowest BCUT2D eigenvalue weighted by Crippen LogP contribution is -2.20. The van der Waals surface area contributed by atoms with E-state index >= 15 is 0 Å². The van der Waals surface area contributed by atoms with Gasteiger partial charge in [-0.3, -0.25) is 9.80 Å². The molecule has 3 rings (SSSR count). The highest BCUT2D eigenvalue weighted by Gasteiger charge is 2.23. The topological polar surface area (TPSA) is 32.7 Å². The fraction of sp³-hybridized carbons (Fsp3) is 0.222. The molecule has 0 spiro atoms. The van der Waals surface area contributed by atoms with Crippen LogP contribution >= 0.6 is 11.8 Å². The van der Waals surface area contributed by atoms with Crippen molar-refractivity contribution in [2.24, 2.45) is 5.10 Å². The summed E-state index contributed by atoms with van der Waals surface area (Å²) in [6.45, 7) is 0.699. The number of ketones is 1. The Morgan fingerprint density at radius 3 is 2.78 bits per heavy atom. The van der Waals surface area contributed by atoms with E-state index in [1.807, 2.05) is 28.8 Å². The number of carbonyl (C=O) groups excluding carboxylic acids is 1. The van der Waals surface area contributed by atoms with E-state index in [-0.39, 0.29) is 17.0 Å². The van der Waals surface area contributed by atoms with Crippen molar-refractivity contribution in [3.63, 3.8) is 0 Å². The zero-order valence-corrected chi connectivity index (χ0v) is 13.4. The van der Waals surface area contributed by atoms with Crippen molar-refractivity contribution in [1.29, 1.82) is 0 Å². The molecule has 1 heterocycles. The van der Waals surface area contributed by atoms with Gasteiger partial charge in [0.15, 0.2) is 5.78 Å². The first-order valence-corrected chi connectivity index (χ1v) is 8.46. The molecule has 0 N–H and O–H groups in total. The number of thioether (sulfide) groups is 1. The van der Waals surface area contributed by atoms with Crippen molar-refractivity contribution in [3.05, 3.63) is 71.5 Å². The van der Waals surface area contributed by atoms with Crippen LogP contribution in [-0.2, 0) is 0 Å². The van der Waals surface area contributed by atoms with E-state index in [9.17, 15) is 9.18 Å². The lowest BCUT2D eigenvalue weighted by Gasteiger charge is -2.22. The second kappa shape index (κ2) is 7.42. The second-order valence-electron chi connectivity index (χ2n) is 5.32. The monoisotopic (exact) mass is 328 g/mol. The molecule has 2 aromatic rings. The lowest BCUT2D eigenvalue weighted by atomic mass is 10.1. The number of hydrogen-bond donors (Lipinski definition) is 0. The molecule has 0 aromatic heterocycles. The van der Waals surface area contributed by atoms with E-state index in [1.54, 1.807) is 23.9 Å². The molecule has 0 saturated carbocycles. The molecule has 1 unspecified atom stereocenters. The zero-order chi connectivity index (χ0) is 16.1. The Hall–Kier alpha value is -2.14. The summed E-state index contributed by atoms with van der Waals surface area (Å²) in [5, 5.41) is 6.54. The summed E-state index contributed by atoms with van der Waals surface area (Å²) in [7, 11) is 0. The van der Waals surface area contributed by atoms with Crippen LogP contribution in [0.5, 0.6) is 0 Å². The predicted molar refractivity (Wildman–Crippen MR) is 91.9 cm³/mol. The summed E-state index contributed by atoms with van der Waals surface area (Å²) in [6.07, 6.45) is 1.08. The second-order valence-corrected chi connectivity index (χ2v) is 6.25. The van der Waals surface area contributed by atoms with Gasteiger partial charge < -0.3 is 0 Å². The average Bonchev–Trinajstić information content (AvgIpc) is 3.04. The molecule has 0 amide bonds. The van der Waals surface area contributed by atoms with E-state index in [0.29, 0.717) is 24.9 Å². The van der Waals surface area contributed by atoms with Gasteiger partial charge in [-0.05, 0) is 24.1 Å². The van der Waals surface area contributed by atoms with Crippen LogP contribution in [-0.4, -0.2) is 22.9 Å². The van der Waals surface area contributed by atoms with Gasteiger partial charge in [0, 0.05) is 18.5 Å². The summed E-state index contributed by atoms with van der Waals surface area (Å²) >= 11 is 1.66. The molecule has 0 aliphatic carbocycles. The van der Waals surface area contributed by atoms with Crippen LogP contribution in [0.25, 0.3) is 0 Å². The fourth-order valence-corrected chi connectivity index (χ4v) is 3.43. The molecule has 0 radical (unpaired) electrons. The molecule has 1 aliphatic rings. The van der Waals surface area contributed by atoms with Crippen LogP contribution in [0.3, 0.4) is 0 Å². The normalized spacial score (nSPS) is 16.7. The first-order chi connectivity index (χ1) is 11.2. The van der Waals surface area contributed by atoms with E-state index in [4.69, 9.17) is 0 Å². The maximum atomic E-state index is 13.2. The quantitative estimate of drug-likeness (QED) is 0.733. The lowest BCUT2D eigenvalue weighted by molar-refractivity contribution is 0.0974. The molecule has 1 atom stereocenters. The van der Waals surface area contributed by atoms with Crippen molar-refractivity contribution in [2.45, 2.75) is 18.2 Å². The maximum Gasteiger partial charge on any atom is 0.163 e. The Labute approximate surface area is 139 Å². The number of Topliss-reactive ketones (excluding diaryl/α,β-unsaturated/α-hetero) is 1. The molecule has 5 heteroatoms. The Balaban J connectivity index is 1.54. The standard InChI is InChI=1S/C18H17FN2OS/c19-16-9-4-8-15(12-16)17(22)10-5-11-21-18(23-13-20-21)14-6-2-1-3-7-14/h1-4,6-9,12-13,18H,5,10-11H2. The molecule has 2 aromatic carbocycles. The Morgan fingerprint density at radius 2 is 2.00 bits per heavy atom. The van der Waals surface area contributed by atoms with E-state index < -0.39 is 0 Å². The number of carbonyl (C=O) groups is 1. The van der Waals surface area contributed by atoms with Crippen LogP contribution in [0, 0.1) is 5.82 Å². The first kappa shape index (κ1) is 15.7. The molecule has 0 fully saturated rings. The third kappa shape index (κ3) is 3.99. The third-order valence-electron chi connectivity index (χ3n) is 3.68. The smallest absolute Gasteiger partial charge is 0.163 e. The number of halogens is 1. The predicted octanol–water partition coefficient (Wildman–Crippen LogP) is 4.48. The molecule has 3 nitrogen and oxygen atoms in total. The van der Waals surface area contributed by atoms with E-state index in [0.717, 1.165) is 0 Å². The largest absolute Gasteiger partial charge is 0.294 e. The van der Waals surface area contributed by atoms with Gasteiger partial charge in [0.1, 0.15) is 11.2 Å². The van der Waals surface area contributed by atoms with Crippen LogP contribution in [0.1, 0.15) is 34.1 Å². The summed E-state index contributed by atoms with van der Waals surface area (Å²) < 4.78 is 13.2. The number of rotatable bonds is 6. The van der Waals surface area contributed by atoms with Gasteiger partial charge in [0.05, 0.1) is 5.55 Å². The minimum atomic E-state index is -0.375. The van der Waals surface area contributed by atoms with Gasteiger partial charge in [0.25, 0.3) is 0 Å². The zero-order valence-electron chi connectivity index (χ0n) is 12.6. The first-order valence-electron chi connectivity index (χ1n) is 7.52. The minimum Gasteiger partial charge on any atom is -0.294 e. The van der Waals surface area contributed by atoms with E-state index in [2.05, 4.69) is 17.2 Å². The third-order valence-corrected chi connectivity index (χ3v) is 4.67. The van der Waals surface area contributed by atoms with Gasteiger partial charge in [-0.25, -0.2) is 4.39 Å². The summed E-state index contributed by atoms with van der Waals surface area (Å²) in [5.74, 6) is -0.405. The molecular weight excluding hydrogens is 311 g/mol. The Bertz CT molecular complexity index is 705. The molecule has 0 bridgehead atoms. The number of benzene rings is 2. The molecular formula is C18H17FN2OS. The summed E-state index contributed by atoms with van der Waals surface area (Å²) in [6, 6.07) is 16.0. The Morgan fingerprint density at radius 1 is 1.17 bits per heavy atom. The van der Waals surface area contributed by atoms with Crippen molar-refractivity contribution < 1.29 is 9.18 Å². The highest BCUT2D eigenvalue weighted by Crippen LogP contribution is 2.35. The van der Waals surface area contributed by atoms with Gasteiger partial charge in [-0.15, -0.1) is 0 Å². The van der Waals surface area contributed by atoms with Crippen molar-refractivity contribution in [3.8, 4) is 0 Å². The SMILES string of the molecule is O=C(CCCN1N=CSC1c1ccccc1)c1cccc(F)c1. The van der Waals surface area contributed by atoms with Gasteiger partial charge >= 0.3 is 0 Å². The summed E-state index contributed by atoms with van der Waals surface area (Å²) in [5.41, 5.74) is 3.47. The van der Waals surface area contributed by atoms with Crippen LogP contribution in [0.15, 0.2) is 59.7 Å². The average molecular weight is 328 g/mol. The van der Waals surface area contributed by atoms with Crippen LogP contribution < -0.4 is 0 Å². The van der Waals surface area contributed by atoms with Crippen LogP contribution in [0.4, 0.5) is 4.39 Å². The highest BCUT2D eigenvalue weighted by molar-refractivity contribution is 8.12. The van der Waals surface area contributed by atoms with Gasteiger partial charge in [0.2, 0.25) is 0 Å². The van der Waals surface area contributed by atoms with Crippen molar-refractivity contribution >= 4 is 23.1 Å². The maximum absolute atomic E-state index is 13.2. The molecule has 118 valence electrons. The molecule has 0 saturated heterocycles. The molecule has 23 heavy (non-hydrogen) atoms. The number of hydrazone groups is 1.